The molecule has 62 valence electrons. The SMILES string of the molecule is CC(C)[Si-](C(C)C)C(C)C.[K+]. The van der Waals surface area contributed by atoms with Crippen LogP contribution in [0.1, 0.15) is 41.5 Å². The Morgan fingerprint density at radius 1 is 0.636 bits per heavy atom. The smallest absolute Gasteiger partial charge is 0.250 e. The number of rotatable bonds is 3. The van der Waals surface area contributed by atoms with Gasteiger partial charge >= 0.3 is 51.4 Å². The molecule has 0 aromatic rings. The molecule has 0 radical (unpaired) electrons. The molecule has 0 nitrogen and oxygen atoms in total. The molecule has 0 fully saturated rings. The largest absolute Gasteiger partial charge is 1.00 e. The Bertz CT molecular complexity index is 70.5. The first-order valence-corrected chi connectivity index (χ1v) is 6.06. The van der Waals surface area contributed by atoms with Crippen LogP contribution in [0.25, 0.3) is 0 Å². The van der Waals surface area contributed by atoms with Gasteiger partial charge in [0.2, 0.25) is 0 Å². The molecule has 2 heteroatoms. The van der Waals surface area contributed by atoms with Gasteiger partial charge in [0.25, 0.3) is 0 Å². The van der Waals surface area contributed by atoms with Gasteiger partial charge in [-0.3, -0.25) is 8.80 Å². The molecule has 0 aliphatic carbocycles. The number of hydrogen-bond donors (Lipinski definition) is 0. The molecule has 0 aromatic carbocycles. The van der Waals surface area contributed by atoms with Crippen molar-refractivity contribution >= 4 is 8.80 Å². The van der Waals surface area contributed by atoms with Crippen LogP contribution in [0.5, 0.6) is 0 Å². The molecule has 11 heavy (non-hydrogen) atoms. The third-order valence-corrected chi connectivity index (χ3v) is 6.00. The summed E-state index contributed by atoms with van der Waals surface area (Å²) in [6.07, 6.45) is 0. The molecule has 0 amide bonds. The summed E-state index contributed by atoms with van der Waals surface area (Å²) in [5.41, 5.74) is 2.81. The molecule has 0 aliphatic heterocycles. The predicted molar refractivity (Wildman–Crippen MR) is 51.0 cm³/mol. The van der Waals surface area contributed by atoms with Crippen LogP contribution in [0.4, 0.5) is 0 Å². The Hall–Kier alpha value is 1.85. The Labute approximate surface area is 117 Å². The van der Waals surface area contributed by atoms with Crippen LogP contribution in [-0.2, 0) is 0 Å². The summed E-state index contributed by atoms with van der Waals surface area (Å²) >= 11 is 0. The van der Waals surface area contributed by atoms with Gasteiger partial charge in [0.1, 0.15) is 0 Å². The zero-order chi connectivity index (χ0) is 8.31. The first-order chi connectivity index (χ1) is 4.46. The van der Waals surface area contributed by atoms with Crippen molar-refractivity contribution in [3.63, 3.8) is 0 Å². The van der Waals surface area contributed by atoms with Crippen molar-refractivity contribution in [3.05, 3.63) is 0 Å². The van der Waals surface area contributed by atoms with E-state index in [4.69, 9.17) is 0 Å². The van der Waals surface area contributed by atoms with E-state index < -0.39 is 0 Å². The van der Waals surface area contributed by atoms with Crippen LogP contribution in [-0.4, -0.2) is 8.80 Å². The van der Waals surface area contributed by atoms with E-state index in [1.165, 1.54) is 0 Å². The van der Waals surface area contributed by atoms with Crippen LogP contribution in [0.15, 0.2) is 0 Å². The summed E-state index contributed by atoms with van der Waals surface area (Å²) in [5.74, 6) is 0. The second-order valence-electron chi connectivity index (χ2n) is 3.96. The van der Waals surface area contributed by atoms with Gasteiger partial charge < -0.3 is 0 Å². The molecular formula is C9H21KSi. The standard InChI is InChI=1S/C9H21Si.K/c1-7(2)10(8(3)4)9(5)6;/h7-9H,1-6H3;/q-1;+1. The van der Waals surface area contributed by atoms with Crippen molar-refractivity contribution < 1.29 is 51.4 Å². The first kappa shape index (κ1) is 15.3. The van der Waals surface area contributed by atoms with Crippen LogP contribution in [0.2, 0.25) is 16.6 Å². The Kier molecular flexibility index (Phi) is 10.1. The normalized spacial score (nSPS) is 11.5. The topological polar surface area (TPSA) is 0 Å². The van der Waals surface area contributed by atoms with Crippen molar-refractivity contribution in [3.8, 4) is 0 Å². The summed E-state index contributed by atoms with van der Waals surface area (Å²) < 4.78 is 0. The minimum Gasteiger partial charge on any atom is -0.250 e. The molecule has 0 bridgehead atoms. The van der Waals surface area contributed by atoms with E-state index >= 15 is 0 Å². The first-order valence-electron chi connectivity index (χ1n) is 4.33. The third kappa shape index (κ3) is 6.00. The second-order valence-corrected chi connectivity index (χ2v) is 8.43. The Balaban J connectivity index is 0. The van der Waals surface area contributed by atoms with Gasteiger partial charge in [-0.15, -0.1) is 0 Å². The van der Waals surface area contributed by atoms with Gasteiger partial charge in [0.05, 0.1) is 0 Å². The van der Waals surface area contributed by atoms with Crippen LogP contribution < -0.4 is 51.4 Å². The fraction of sp³-hybridized carbons (Fsp3) is 1.00. The van der Waals surface area contributed by atoms with Crippen molar-refractivity contribution in [2.24, 2.45) is 0 Å². The fourth-order valence-corrected chi connectivity index (χ4v) is 6.00. The molecule has 0 unspecified atom stereocenters. The summed E-state index contributed by atoms with van der Waals surface area (Å²) in [4.78, 5) is 0. The predicted octanol–water partition coefficient (Wildman–Crippen LogP) is 0.715. The number of hydrogen-bond acceptors (Lipinski definition) is 0. The molecule has 0 spiro atoms. The molecule has 0 aromatic heterocycles. The molecule has 0 saturated carbocycles. The summed E-state index contributed by atoms with van der Waals surface area (Å²) in [6, 6.07) is 0. The minimum atomic E-state index is -0.0957. The maximum atomic E-state index is 2.37. The zero-order valence-corrected chi connectivity index (χ0v) is 13.4. The quantitative estimate of drug-likeness (QED) is 0.584. The molecule has 0 rings (SSSR count). The van der Waals surface area contributed by atoms with Crippen molar-refractivity contribution in [1.82, 2.24) is 0 Å². The zero-order valence-electron chi connectivity index (χ0n) is 9.23. The van der Waals surface area contributed by atoms with Crippen molar-refractivity contribution in [2.45, 2.75) is 58.2 Å². The van der Waals surface area contributed by atoms with Crippen LogP contribution in [0.3, 0.4) is 0 Å². The molecule has 0 saturated heterocycles. The van der Waals surface area contributed by atoms with Crippen LogP contribution >= 0.6 is 0 Å². The van der Waals surface area contributed by atoms with Crippen molar-refractivity contribution in [2.75, 3.05) is 0 Å². The molecule has 0 atom stereocenters. The average Bonchev–Trinajstić information content (AvgIpc) is 1.59. The van der Waals surface area contributed by atoms with Gasteiger partial charge in [0.15, 0.2) is 0 Å². The summed E-state index contributed by atoms with van der Waals surface area (Å²) in [6.45, 7) is 14.2. The van der Waals surface area contributed by atoms with Crippen LogP contribution in [0, 0.1) is 0 Å². The molecular weight excluding hydrogens is 175 g/mol. The van der Waals surface area contributed by atoms with E-state index in [1.807, 2.05) is 0 Å². The summed E-state index contributed by atoms with van der Waals surface area (Å²) in [7, 11) is -0.0957. The minimum absolute atomic E-state index is 0. The van der Waals surface area contributed by atoms with E-state index in [2.05, 4.69) is 41.5 Å². The van der Waals surface area contributed by atoms with Gasteiger partial charge in [-0.25, -0.2) is 0 Å². The van der Waals surface area contributed by atoms with Gasteiger partial charge in [0, 0.05) is 0 Å². The van der Waals surface area contributed by atoms with E-state index in [9.17, 15) is 0 Å². The molecule has 0 heterocycles. The van der Waals surface area contributed by atoms with Gasteiger partial charge in [-0.05, 0) is 0 Å². The van der Waals surface area contributed by atoms with Gasteiger partial charge in [-0.1, -0.05) is 41.5 Å². The monoisotopic (exact) mass is 196 g/mol. The molecule has 0 aliphatic rings. The van der Waals surface area contributed by atoms with E-state index in [-0.39, 0.29) is 60.2 Å². The fourth-order valence-electron chi connectivity index (χ4n) is 2.00. The average molecular weight is 196 g/mol. The van der Waals surface area contributed by atoms with E-state index in [1.54, 1.807) is 0 Å². The second kappa shape index (κ2) is 7.28. The molecule has 0 N–H and O–H groups in total. The summed E-state index contributed by atoms with van der Waals surface area (Å²) in [5, 5.41) is 0. The van der Waals surface area contributed by atoms with Crippen molar-refractivity contribution in [1.29, 1.82) is 0 Å². The third-order valence-electron chi connectivity index (χ3n) is 2.00. The maximum Gasteiger partial charge on any atom is 1.00 e. The maximum absolute atomic E-state index is 2.37. The van der Waals surface area contributed by atoms with E-state index in [0.717, 1.165) is 16.6 Å². The van der Waals surface area contributed by atoms with E-state index in [0.29, 0.717) is 0 Å². The Morgan fingerprint density at radius 2 is 0.818 bits per heavy atom. The Morgan fingerprint density at radius 3 is 0.818 bits per heavy atom. The van der Waals surface area contributed by atoms with Gasteiger partial charge in [-0.2, -0.15) is 16.6 Å².